The van der Waals surface area contributed by atoms with E-state index in [2.05, 4.69) is 10.0 Å². The topological polar surface area (TPSA) is 156 Å². The first-order chi connectivity index (χ1) is 19.6. The number of aliphatic hydroxyl groups is 3. The van der Waals surface area contributed by atoms with Gasteiger partial charge < -0.3 is 20.1 Å². The van der Waals surface area contributed by atoms with Gasteiger partial charge in [0.1, 0.15) is 24.4 Å². The fourth-order valence-electron chi connectivity index (χ4n) is 6.52. The molecule has 2 aliphatic rings. The fourth-order valence-corrected chi connectivity index (χ4v) is 12.4. The van der Waals surface area contributed by atoms with Crippen LogP contribution in [0.15, 0.2) is 90.0 Å². The number of hydrogen-bond acceptors (Lipinski definition) is 7. The van der Waals surface area contributed by atoms with Crippen LogP contribution in [-0.4, -0.2) is 76.4 Å². The second-order valence-corrected chi connectivity index (χ2v) is 16.3. The number of aliphatic hydroxyl groups excluding tert-OH is 3. The van der Waals surface area contributed by atoms with Crippen LogP contribution < -0.4 is 10.4 Å². The molecule has 0 aliphatic carbocycles. The maximum Gasteiger partial charge on any atom is 0.261 e. The number of amides is 2. The van der Waals surface area contributed by atoms with Crippen LogP contribution in [0.4, 0.5) is 0 Å². The van der Waals surface area contributed by atoms with Gasteiger partial charge in [0.25, 0.3) is 11.8 Å². The second-order valence-electron chi connectivity index (χ2n) is 11.4. The van der Waals surface area contributed by atoms with Gasteiger partial charge in [0.15, 0.2) is 14.3 Å². The van der Waals surface area contributed by atoms with Crippen molar-refractivity contribution in [1.29, 1.82) is 0 Å². The molecule has 0 radical (unpaired) electrons. The third-order valence-electron chi connectivity index (χ3n) is 8.31. The summed E-state index contributed by atoms with van der Waals surface area (Å²) >= 11 is 0. The van der Waals surface area contributed by atoms with Gasteiger partial charge in [0, 0.05) is 4.91 Å². The summed E-state index contributed by atoms with van der Waals surface area (Å²) in [6.07, 6.45) is -6.50. The molecule has 2 amide bonds. The predicted octanol–water partition coefficient (Wildman–Crippen LogP) is 2.37. The number of rotatable bonds is 6. The highest BCUT2D eigenvalue weighted by Crippen LogP contribution is 2.42. The maximum atomic E-state index is 13.3. The quantitative estimate of drug-likeness (QED) is 0.135. The van der Waals surface area contributed by atoms with Crippen LogP contribution >= 0.6 is 0 Å². The Morgan fingerprint density at radius 2 is 1.32 bits per heavy atom. The van der Waals surface area contributed by atoms with E-state index in [1.165, 1.54) is 12.1 Å². The van der Waals surface area contributed by atoms with Gasteiger partial charge in [-0.15, -0.1) is 0 Å². The average Bonchev–Trinajstić information content (AvgIpc) is 3.21. The summed E-state index contributed by atoms with van der Waals surface area (Å²) in [6, 6.07) is 23.7. The van der Waals surface area contributed by atoms with E-state index < -0.39 is 61.2 Å². The van der Waals surface area contributed by atoms with Gasteiger partial charge in [-0.3, -0.25) is 14.5 Å². The Bertz CT molecular complexity index is 1420. The molecular weight excluding hydrogens is 540 g/mol. The molecule has 2 aliphatic heterocycles. The summed E-state index contributed by atoms with van der Waals surface area (Å²) in [5, 5.41) is 40.3. The second kappa shape index (κ2) is 10.9. The molecular formula is C30H32N4O6Si. The Morgan fingerprint density at radius 3 is 1.76 bits per heavy atom. The van der Waals surface area contributed by atoms with Crippen molar-refractivity contribution in [3.05, 3.63) is 106 Å². The number of carbonyl (C=O) groups is 2. The van der Waals surface area contributed by atoms with Gasteiger partial charge in [-0.2, -0.15) is 0 Å². The van der Waals surface area contributed by atoms with Crippen molar-refractivity contribution in [2.45, 2.75) is 62.1 Å². The highest BCUT2D eigenvalue weighted by molar-refractivity contribution is 7.05. The average molecular weight is 573 g/mol. The molecule has 3 aromatic carbocycles. The van der Waals surface area contributed by atoms with Crippen LogP contribution in [0.3, 0.4) is 0 Å². The Hall–Kier alpha value is -3.83. The largest absolute Gasteiger partial charge is 0.393 e. The van der Waals surface area contributed by atoms with E-state index in [-0.39, 0.29) is 11.1 Å². The summed E-state index contributed by atoms with van der Waals surface area (Å²) in [7, 11) is -3.32. The van der Waals surface area contributed by atoms with Crippen LogP contribution in [0.5, 0.6) is 0 Å². The number of benzene rings is 3. The van der Waals surface area contributed by atoms with Crippen LogP contribution in [0.1, 0.15) is 41.5 Å². The molecule has 0 aromatic heterocycles. The van der Waals surface area contributed by atoms with E-state index in [0.717, 1.165) is 15.3 Å². The van der Waals surface area contributed by atoms with Crippen LogP contribution in [0, 0.1) is 0 Å². The molecule has 0 saturated carbocycles. The Balaban J connectivity index is 1.61. The number of carbonyl (C=O) groups excluding carboxylic acids is 2. The van der Waals surface area contributed by atoms with Crippen LogP contribution in [-0.2, 0) is 4.74 Å². The van der Waals surface area contributed by atoms with Gasteiger partial charge in [-0.05, 0) is 22.7 Å². The smallest absolute Gasteiger partial charge is 0.261 e. The molecule has 11 heteroatoms. The minimum atomic E-state index is -3.32. The molecule has 1 unspecified atom stereocenters. The zero-order valence-corrected chi connectivity index (χ0v) is 23.9. The Morgan fingerprint density at radius 1 is 0.854 bits per heavy atom. The van der Waals surface area contributed by atoms with E-state index >= 15 is 0 Å². The molecule has 3 N–H and O–H groups in total. The molecule has 10 nitrogen and oxygen atoms in total. The van der Waals surface area contributed by atoms with Crippen molar-refractivity contribution < 1.29 is 29.6 Å². The number of fused-ring (bicyclic) bond motifs is 1. The lowest BCUT2D eigenvalue weighted by Gasteiger charge is -2.52. The summed E-state index contributed by atoms with van der Waals surface area (Å²) in [4.78, 5) is 30.2. The first kappa shape index (κ1) is 28.7. The molecule has 0 bridgehead atoms. The highest BCUT2D eigenvalue weighted by Gasteiger charge is 2.61. The summed E-state index contributed by atoms with van der Waals surface area (Å²) in [6.45, 7) is 6.04. The van der Waals surface area contributed by atoms with Crippen molar-refractivity contribution in [3.8, 4) is 0 Å². The van der Waals surface area contributed by atoms with E-state index in [9.17, 15) is 30.4 Å². The van der Waals surface area contributed by atoms with Gasteiger partial charge >= 0.3 is 0 Å². The molecule has 3 aromatic rings. The standard InChI is InChI=1S/C30H32N4O6Si/c1-30(2,3)41(18-12-6-4-7-13-18,19-14-8-5-9-15-19)29(39)25-24(36)23(35)22(26(40-25)32-33-31)34-27(37)20-16-10-11-17-21(20)28(34)38/h4-17,22-26,29,35-36,39H,1-3H3/t22-,23+,24-,25-,26+,29?/m0/s1. The van der Waals surface area contributed by atoms with Gasteiger partial charge in [0.2, 0.25) is 0 Å². The van der Waals surface area contributed by atoms with Crippen LogP contribution in [0.25, 0.3) is 10.4 Å². The number of imide groups is 1. The molecule has 6 atom stereocenters. The van der Waals surface area contributed by atoms with Crippen molar-refractivity contribution in [2.75, 3.05) is 0 Å². The number of azide groups is 1. The van der Waals surface area contributed by atoms with E-state index in [4.69, 9.17) is 4.74 Å². The number of hydrogen-bond donors (Lipinski definition) is 3. The summed E-state index contributed by atoms with van der Waals surface area (Å²) in [5.74, 6) is -1.40. The van der Waals surface area contributed by atoms with Gasteiger partial charge in [-0.1, -0.05) is 109 Å². The lowest BCUT2D eigenvalue weighted by Crippen LogP contribution is -2.77. The van der Waals surface area contributed by atoms with E-state index in [0.29, 0.717) is 0 Å². The number of ether oxygens (including phenoxy) is 1. The van der Waals surface area contributed by atoms with Gasteiger partial charge in [-0.25, -0.2) is 0 Å². The first-order valence-electron chi connectivity index (χ1n) is 13.4. The van der Waals surface area contributed by atoms with E-state index in [1.807, 2.05) is 81.4 Å². The first-order valence-corrected chi connectivity index (χ1v) is 15.4. The molecule has 2 heterocycles. The molecule has 212 valence electrons. The highest BCUT2D eigenvalue weighted by atomic mass is 28.3. The van der Waals surface area contributed by atoms with Crippen molar-refractivity contribution in [2.24, 2.45) is 5.11 Å². The SMILES string of the molecule is CC(C)(C)[Si](c1ccccc1)(c1ccccc1)C(O)[C@H]1O[C@@H](N=[N+]=[N-])[C@@H](N2C(=O)c3ccccc3C2=O)[C@@H](O)[C@@H]1O. The fraction of sp³-hybridized carbons (Fsp3) is 0.333. The monoisotopic (exact) mass is 572 g/mol. The molecule has 41 heavy (non-hydrogen) atoms. The zero-order chi connectivity index (χ0) is 29.5. The summed E-state index contributed by atoms with van der Waals surface area (Å²) < 4.78 is 6.14. The van der Waals surface area contributed by atoms with Gasteiger partial charge in [0.05, 0.1) is 16.9 Å². The third-order valence-corrected chi connectivity index (χ3v) is 14.4. The van der Waals surface area contributed by atoms with Crippen LogP contribution in [0.2, 0.25) is 5.04 Å². The lowest BCUT2D eigenvalue weighted by atomic mass is 9.94. The van der Waals surface area contributed by atoms with Crippen molar-refractivity contribution in [1.82, 2.24) is 4.90 Å². The Labute approximate surface area is 238 Å². The maximum absolute atomic E-state index is 13.3. The van der Waals surface area contributed by atoms with Crippen molar-refractivity contribution >= 4 is 30.3 Å². The zero-order valence-electron chi connectivity index (χ0n) is 22.9. The molecule has 1 fully saturated rings. The minimum absolute atomic E-state index is 0.133. The predicted molar refractivity (Wildman–Crippen MR) is 154 cm³/mol. The molecule has 5 rings (SSSR count). The minimum Gasteiger partial charge on any atom is -0.393 e. The summed E-state index contributed by atoms with van der Waals surface area (Å²) in [5.41, 5.74) is 8.31. The normalized spacial score (nSPS) is 25.4. The third kappa shape index (κ3) is 4.47. The van der Waals surface area contributed by atoms with Crippen molar-refractivity contribution in [3.63, 3.8) is 0 Å². The molecule has 0 spiro atoms. The van der Waals surface area contributed by atoms with E-state index in [1.54, 1.807) is 12.1 Å². The Kier molecular flexibility index (Phi) is 7.60. The molecule has 1 saturated heterocycles. The lowest BCUT2D eigenvalue weighted by molar-refractivity contribution is -0.209. The number of nitrogens with zero attached hydrogens (tertiary/aromatic N) is 4.